The van der Waals surface area contributed by atoms with E-state index in [0.717, 1.165) is 5.69 Å². The molecule has 1 fully saturated rings. The summed E-state index contributed by atoms with van der Waals surface area (Å²) >= 11 is 2.06. The average Bonchev–Trinajstić information content (AvgIpc) is 2.33. The van der Waals surface area contributed by atoms with E-state index in [2.05, 4.69) is 55.0 Å². The molecule has 1 aliphatic heterocycles. The maximum atomic E-state index is 4.42. The lowest BCUT2D eigenvalue weighted by Gasteiger charge is -2.40. The maximum Gasteiger partial charge on any atom is 0.0570 e. The lowest BCUT2D eigenvalue weighted by molar-refractivity contribution is 0.231. The Balaban J connectivity index is 2.00. The molecule has 1 saturated heterocycles. The number of thioether (sulfide) groups is 1. The smallest absolute Gasteiger partial charge is 0.0570 e. The second-order valence-corrected chi connectivity index (χ2v) is 6.66. The Labute approximate surface area is 109 Å². The van der Waals surface area contributed by atoms with Crippen molar-refractivity contribution >= 4 is 11.8 Å². The first kappa shape index (κ1) is 12.9. The number of pyridine rings is 1. The molecule has 0 aliphatic carbocycles. The lowest BCUT2D eigenvalue weighted by atomic mass is 9.82. The predicted molar refractivity (Wildman–Crippen MR) is 75.3 cm³/mol. The summed E-state index contributed by atoms with van der Waals surface area (Å²) in [5.74, 6) is 2.51. The molecule has 17 heavy (non-hydrogen) atoms. The number of aromatic nitrogens is 1. The second kappa shape index (κ2) is 5.40. The van der Waals surface area contributed by atoms with Crippen molar-refractivity contribution in [3.05, 3.63) is 30.1 Å². The van der Waals surface area contributed by atoms with Gasteiger partial charge in [0.2, 0.25) is 0 Å². The van der Waals surface area contributed by atoms with Gasteiger partial charge in [-0.15, -0.1) is 0 Å². The van der Waals surface area contributed by atoms with Crippen molar-refractivity contribution in [2.45, 2.75) is 39.3 Å². The van der Waals surface area contributed by atoms with Crippen molar-refractivity contribution in [1.29, 1.82) is 0 Å². The van der Waals surface area contributed by atoms with Crippen LogP contribution in [0.15, 0.2) is 24.4 Å². The Morgan fingerprint density at radius 2 is 2.29 bits per heavy atom. The molecule has 2 atom stereocenters. The van der Waals surface area contributed by atoms with Gasteiger partial charge in [0.15, 0.2) is 0 Å². The van der Waals surface area contributed by atoms with Crippen molar-refractivity contribution in [1.82, 2.24) is 10.3 Å². The molecule has 94 valence electrons. The summed E-state index contributed by atoms with van der Waals surface area (Å²) in [5, 5.41) is 3.74. The molecule has 0 bridgehead atoms. The molecule has 2 unspecified atom stereocenters. The van der Waals surface area contributed by atoms with E-state index in [0.29, 0.717) is 17.5 Å². The zero-order chi connectivity index (χ0) is 12.3. The Morgan fingerprint density at radius 1 is 1.47 bits per heavy atom. The Hall–Kier alpha value is -0.540. The van der Waals surface area contributed by atoms with E-state index in [4.69, 9.17) is 0 Å². The molecular formula is C14H22N2S. The van der Waals surface area contributed by atoms with Gasteiger partial charge >= 0.3 is 0 Å². The van der Waals surface area contributed by atoms with Gasteiger partial charge in [0.05, 0.1) is 5.69 Å². The Kier molecular flexibility index (Phi) is 4.10. The van der Waals surface area contributed by atoms with E-state index >= 15 is 0 Å². The molecule has 1 aromatic heterocycles. The van der Waals surface area contributed by atoms with Gasteiger partial charge in [0, 0.05) is 24.0 Å². The van der Waals surface area contributed by atoms with Gasteiger partial charge in [0.25, 0.3) is 0 Å². The summed E-state index contributed by atoms with van der Waals surface area (Å²) < 4.78 is 0. The highest BCUT2D eigenvalue weighted by atomic mass is 32.2. The van der Waals surface area contributed by atoms with Crippen molar-refractivity contribution in [3.63, 3.8) is 0 Å². The molecule has 2 heterocycles. The van der Waals surface area contributed by atoms with Crippen LogP contribution in [0.4, 0.5) is 0 Å². The molecule has 1 aliphatic rings. The summed E-state index contributed by atoms with van der Waals surface area (Å²) in [4.78, 5) is 4.42. The Bertz CT molecular complexity index is 350. The van der Waals surface area contributed by atoms with Crippen LogP contribution in [0.1, 0.15) is 38.9 Å². The molecule has 2 nitrogen and oxygen atoms in total. The van der Waals surface area contributed by atoms with E-state index < -0.39 is 0 Å². The maximum absolute atomic E-state index is 4.42. The predicted octanol–water partition coefficient (Wildman–Crippen LogP) is 3.26. The fourth-order valence-corrected chi connectivity index (χ4v) is 3.85. The molecule has 0 aromatic carbocycles. The molecule has 3 heteroatoms. The van der Waals surface area contributed by atoms with Crippen LogP contribution in [-0.2, 0) is 0 Å². The minimum Gasteiger partial charge on any atom is -0.305 e. The summed E-state index contributed by atoms with van der Waals surface area (Å²) in [6, 6.07) is 7.04. The number of rotatable bonds is 3. The molecule has 0 spiro atoms. The van der Waals surface area contributed by atoms with Crippen molar-refractivity contribution in [3.8, 4) is 0 Å². The van der Waals surface area contributed by atoms with Crippen LogP contribution in [0.5, 0.6) is 0 Å². The molecule has 0 radical (unpaired) electrons. The Morgan fingerprint density at radius 3 is 2.94 bits per heavy atom. The van der Waals surface area contributed by atoms with Crippen molar-refractivity contribution in [2.24, 2.45) is 5.41 Å². The van der Waals surface area contributed by atoms with E-state index in [-0.39, 0.29) is 0 Å². The lowest BCUT2D eigenvalue weighted by Crippen LogP contribution is -2.47. The zero-order valence-corrected chi connectivity index (χ0v) is 11.8. The highest BCUT2D eigenvalue weighted by molar-refractivity contribution is 7.99. The van der Waals surface area contributed by atoms with Gasteiger partial charge in [-0.1, -0.05) is 19.9 Å². The molecular weight excluding hydrogens is 228 g/mol. The van der Waals surface area contributed by atoms with Gasteiger partial charge in [0.1, 0.15) is 0 Å². The summed E-state index contributed by atoms with van der Waals surface area (Å²) in [5.41, 5.74) is 1.53. The van der Waals surface area contributed by atoms with Crippen LogP contribution in [0.3, 0.4) is 0 Å². The number of hydrogen-bond acceptors (Lipinski definition) is 3. The van der Waals surface area contributed by atoms with Gasteiger partial charge in [-0.25, -0.2) is 0 Å². The second-order valence-electron chi connectivity index (χ2n) is 5.51. The van der Waals surface area contributed by atoms with Crippen LogP contribution < -0.4 is 5.32 Å². The highest BCUT2D eigenvalue weighted by Gasteiger charge is 2.33. The minimum atomic E-state index is 0.333. The van der Waals surface area contributed by atoms with Gasteiger partial charge in [-0.2, -0.15) is 11.8 Å². The fraction of sp³-hybridized carbons (Fsp3) is 0.643. The zero-order valence-electron chi connectivity index (χ0n) is 10.9. The van der Waals surface area contributed by atoms with Crippen molar-refractivity contribution < 1.29 is 0 Å². The quantitative estimate of drug-likeness (QED) is 0.891. The monoisotopic (exact) mass is 250 g/mol. The van der Waals surface area contributed by atoms with Crippen LogP contribution >= 0.6 is 11.8 Å². The third-order valence-corrected chi connectivity index (χ3v) is 4.76. The normalized spacial score (nSPS) is 25.5. The minimum absolute atomic E-state index is 0.333. The van der Waals surface area contributed by atoms with E-state index in [1.54, 1.807) is 0 Å². The van der Waals surface area contributed by atoms with Crippen LogP contribution in [0.25, 0.3) is 0 Å². The highest BCUT2D eigenvalue weighted by Crippen LogP contribution is 2.35. The number of hydrogen-bond donors (Lipinski definition) is 1. The van der Waals surface area contributed by atoms with E-state index in [9.17, 15) is 0 Å². The summed E-state index contributed by atoms with van der Waals surface area (Å²) in [6.07, 6.45) is 3.17. The van der Waals surface area contributed by atoms with Gasteiger partial charge in [-0.05, 0) is 36.6 Å². The summed E-state index contributed by atoms with van der Waals surface area (Å²) in [6.45, 7) is 6.95. The van der Waals surface area contributed by atoms with Gasteiger partial charge in [-0.3, -0.25) is 4.98 Å². The molecule has 1 N–H and O–H groups in total. The third kappa shape index (κ3) is 3.23. The SMILES string of the molecule is CC(NC1CSCCC1(C)C)c1ccccn1. The largest absolute Gasteiger partial charge is 0.305 e. The first-order valence-corrected chi connectivity index (χ1v) is 7.50. The molecule has 1 aromatic rings. The average molecular weight is 250 g/mol. The van der Waals surface area contributed by atoms with Crippen LogP contribution in [-0.4, -0.2) is 22.5 Å². The molecule has 0 amide bonds. The topological polar surface area (TPSA) is 24.9 Å². The van der Waals surface area contributed by atoms with Gasteiger partial charge < -0.3 is 5.32 Å². The standard InChI is InChI=1S/C14H22N2S/c1-11(12-6-4-5-8-15-12)16-13-10-17-9-7-14(13,2)3/h4-6,8,11,13,16H,7,9-10H2,1-3H3. The fourth-order valence-electron chi connectivity index (χ4n) is 2.23. The van der Waals surface area contributed by atoms with Crippen molar-refractivity contribution in [2.75, 3.05) is 11.5 Å². The van der Waals surface area contributed by atoms with Crippen LogP contribution in [0.2, 0.25) is 0 Å². The molecule has 0 saturated carbocycles. The molecule has 2 rings (SSSR count). The third-order valence-electron chi connectivity index (χ3n) is 3.70. The first-order valence-electron chi connectivity index (χ1n) is 6.34. The first-order chi connectivity index (χ1) is 8.09. The van der Waals surface area contributed by atoms with E-state index in [1.165, 1.54) is 17.9 Å². The number of nitrogens with zero attached hydrogens (tertiary/aromatic N) is 1. The number of nitrogens with one attached hydrogen (secondary N) is 1. The van der Waals surface area contributed by atoms with Crippen LogP contribution in [0, 0.1) is 5.41 Å². The van der Waals surface area contributed by atoms with E-state index in [1.807, 2.05) is 12.3 Å². The summed E-state index contributed by atoms with van der Waals surface area (Å²) in [7, 11) is 0.